The zero-order valence-corrected chi connectivity index (χ0v) is 24.9. The second kappa shape index (κ2) is 10.9. The molecule has 1 saturated carbocycles. The molecule has 1 saturated heterocycles. The van der Waals surface area contributed by atoms with Crippen LogP contribution in [0.1, 0.15) is 140 Å². The van der Waals surface area contributed by atoms with Crippen LogP contribution < -0.4 is 0 Å². The highest BCUT2D eigenvalue weighted by Crippen LogP contribution is 2.57. The minimum absolute atomic E-state index is 0.164. The van der Waals surface area contributed by atoms with Gasteiger partial charge in [0, 0.05) is 0 Å². The van der Waals surface area contributed by atoms with E-state index in [-0.39, 0.29) is 11.7 Å². The highest BCUT2D eigenvalue weighted by Gasteiger charge is 2.47. The van der Waals surface area contributed by atoms with Crippen LogP contribution in [-0.2, 0) is 9.47 Å². The molecule has 2 heteroatoms. The summed E-state index contributed by atoms with van der Waals surface area (Å²) < 4.78 is 12.2. The standard InChI is InChI=1S/C33H56O2/c1-24(13-11-14-25(2)17-18-29-31(6,7)35-32(8,9)34-29)15-12-16-27-26(3)19-20-33(10)22-21-30(4,5)23-28(27)33/h14-15,28-29H,11-13,16-23H2,1-10H3/b24-15+,25-14+/t28-,29+,33-/m0/s1. The van der Waals surface area contributed by atoms with Crippen LogP contribution in [0.15, 0.2) is 34.4 Å². The van der Waals surface area contributed by atoms with E-state index < -0.39 is 5.79 Å². The summed E-state index contributed by atoms with van der Waals surface area (Å²) in [7, 11) is 0. The van der Waals surface area contributed by atoms with Crippen molar-refractivity contribution in [1.82, 2.24) is 0 Å². The average molecular weight is 485 g/mol. The maximum Gasteiger partial charge on any atom is 0.164 e. The van der Waals surface area contributed by atoms with Gasteiger partial charge in [0.05, 0.1) is 11.7 Å². The normalized spacial score (nSPS) is 32.6. The largest absolute Gasteiger partial charge is 0.344 e. The molecule has 1 heterocycles. The number of fused-ring (bicyclic) bond motifs is 1. The molecule has 0 aromatic rings. The lowest BCUT2D eigenvalue weighted by atomic mass is 9.53. The summed E-state index contributed by atoms with van der Waals surface area (Å²) in [4.78, 5) is 0. The van der Waals surface area contributed by atoms with E-state index in [4.69, 9.17) is 9.47 Å². The second-order valence-corrected chi connectivity index (χ2v) is 14.3. The van der Waals surface area contributed by atoms with Crippen LogP contribution in [0.4, 0.5) is 0 Å². The summed E-state index contributed by atoms with van der Waals surface area (Å²) in [6.45, 7) is 22.9. The predicted molar refractivity (Wildman–Crippen MR) is 150 cm³/mol. The summed E-state index contributed by atoms with van der Waals surface area (Å²) in [5.74, 6) is 0.343. The van der Waals surface area contributed by atoms with Crippen LogP contribution in [0, 0.1) is 16.7 Å². The Kier molecular flexibility index (Phi) is 8.91. The summed E-state index contributed by atoms with van der Waals surface area (Å²) in [6.07, 6.45) is 18.9. The number of hydrogen-bond acceptors (Lipinski definition) is 2. The number of rotatable bonds is 9. The van der Waals surface area contributed by atoms with Gasteiger partial charge in [-0.2, -0.15) is 0 Å². The molecule has 3 rings (SSSR count). The van der Waals surface area contributed by atoms with Gasteiger partial charge in [0.1, 0.15) is 0 Å². The van der Waals surface area contributed by atoms with E-state index in [1.54, 1.807) is 11.1 Å². The van der Waals surface area contributed by atoms with Gasteiger partial charge in [-0.05, 0) is 136 Å². The molecule has 2 aliphatic carbocycles. The van der Waals surface area contributed by atoms with Crippen LogP contribution in [-0.4, -0.2) is 17.5 Å². The lowest BCUT2D eigenvalue weighted by molar-refractivity contribution is -0.157. The molecule has 0 aromatic heterocycles. The van der Waals surface area contributed by atoms with Crippen LogP contribution in [0.3, 0.4) is 0 Å². The first kappa shape index (κ1) is 28.7. The third-order valence-corrected chi connectivity index (χ3v) is 9.46. The van der Waals surface area contributed by atoms with E-state index in [1.165, 1.54) is 56.9 Å². The first-order chi connectivity index (χ1) is 16.1. The van der Waals surface area contributed by atoms with Gasteiger partial charge in [-0.3, -0.25) is 0 Å². The summed E-state index contributed by atoms with van der Waals surface area (Å²) in [6, 6.07) is 0. The SMILES string of the molecule is CC1=C(CC/C=C(\C)CC/C=C(\C)CC[C@H]2OC(C)(C)OC2(C)C)[C@@H]2CC(C)(C)CC[C@]2(C)CC1. The molecule has 3 aliphatic rings. The van der Waals surface area contributed by atoms with Gasteiger partial charge in [-0.1, -0.05) is 55.2 Å². The Morgan fingerprint density at radius 2 is 1.54 bits per heavy atom. The fourth-order valence-electron chi connectivity index (χ4n) is 7.06. The molecule has 0 radical (unpaired) electrons. The van der Waals surface area contributed by atoms with Gasteiger partial charge in [-0.15, -0.1) is 0 Å². The van der Waals surface area contributed by atoms with Crippen LogP contribution in [0.25, 0.3) is 0 Å². The van der Waals surface area contributed by atoms with Crippen molar-refractivity contribution in [2.75, 3.05) is 0 Å². The van der Waals surface area contributed by atoms with Gasteiger partial charge in [0.2, 0.25) is 0 Å². The van der Waals surface area contributed by atoms with Gasteiger partial charge in [0.15, 0.2) is 5.79 Å². The fraction of sp³-hybridized carbons (Fsp3) is 0.818. The van der Waals surface area contributed by atoms with Crippen LogP contribution >= 0.6 is 0 Å². The summed E-state index contributed by atoms with van der Waals surface area (Å²) in [5.41, 5.74) is 7.39. The van der Waals surface area contributed by atoms with Crippen molar-refractivity contribution in [3.63, 3.8) is 0 Å². The molecule has 2 nitrogen and oxygen atoms in total. The van der Waals surface area contributed by atoms with Gasteiger partial charge >= 0.3 is 0 Å². The molecule has 3 atom stereocenters. The van der Waals surface area contributed by atoms with E-state index in [0.717, 1.165) is 25.2 Å². The molecule has 0 amide bonds. The molecule has 35 heavy (non-hydrogen) atoms. The Labute approximate surface area is 218 Å². The fourth-order valence-corrected chi connectivity index (χ4v) is 7.06. The van der Waals surface area contributed by atoms with Crippen molar-refractivity contribution in [3.8, 4) is 0 Å². The molecule has 1 aliphatic heterocycles. The van der Waals surface area contributed by atoms with Crippen molar-refractivity contribution in [3.05, 3.63) is 34.4 Å². The van der Waals surface area contributed by atoms with E-state index >= 15 is 0 Å². The van der Waals surface area contributed by atoms with Crippen molar-refractivity contribution in [1.29, 1.82) is 0 Å². The van der Waals surface area contributed by atoms with E-state index in [0.29, 0.717) is 10.8 Å². The lowest BCUT2D eigenvalue weighted by Crippen LogP contribution is -2.41. The Morgan fingerprint density at radius 1 is 0.886 bits per heavy atom. The molecule has 200 valence electrons. The highest BCUT2D eigenvalue weighted by molar-refractivity contribution is 5.24. The number of allylic oxidation sites excluding steroid dienone is 6. The quantitative estimate of drug-likeness (QED) is 0.303. The highest BCUT2D eigenvalue weighted by atomic mass is 16.8. The monoisotopic (exact) mass is 484 g/mol. The summed E-state index contributed by atoms with van der Waals surface area (Å²) in [5, 5.41) is 0. The molecule has 0 spiro atoms. The second-order valence-electron chi connectivity index (χ2n) is 14.3. The Hall–Kier alpha value is -0.860. The van der Waals surface area contributed by atoms with Gasteiger partial charge in [0.25, 0.3) is 0 Å². The van der Waals surface area contributed by atoms with E-state index in [2.05, 4.69) is 67.5 Å². The minimum Gasteiger partial charge on any atom is -0.344 e. The number of hydrogen-bond donors (Lipinski definition) is 0. The Bertz CT molecular complexity index is 837. The van der Waals surface area contributed by atoms with Crippen LogP contribution in [0.5, 0.6) is 0 Å². The third kappa shape index (κ3) is 7.57. The topological polar surface area (TPSA) is 18.5 Å². The molecular formula is C33H56O2. The molecule has 0 aromatic carbocycles. The smallest absolute Gasteiger partial charge is 0.164 e. The van der Waals surface area contributed by atoms with Crippen molar-refractivity contribution >= 4 is 0 Å². The summed E-state index contributed by atoms with van der Waals surface area (Å²) >= 11 is 0. The molecular weight excluding hydrogens is 428 g/mol. The van der Waals surface area contributed by atoms with E-state index in [1.807, 2.05) is 19.4 Å². The van der Waals surface area contributed by atoms with Gasteiger partial charge < -0.3 is 9.47 Å². The van der Waals surface area contributed by atoms with Crippen molar-refractivity contribution in [2.24, 2.45) is 16.7 Å². The van der Waals surface area contributed by atoms with Crippen LogP contribution in [0.2, 0.25) is 0 Å². The molecule has 0 unspecified atom stereocenters. The predicted octanol–water partition coefficient (Wildman–Crippen LogP) is 10.1. The maximum absolute atomic E-state index is 6.15. The zero-order valence-electron chi connectivity index (χ0n) is 24.9. The Balaban J connectivity index is 1.45. The lowest BCUT2D eigenvalue weighted by Gasteiger charge is -2.52. The van der Waals surface area contributed by atoms with Crippen molar-refractivity contribution < 1.29 is 9.47 Å². The molecule has 2 fully saturated rings. The number of ether oxygens (including phenoxy) is 2. The first-order valence-electron chi connectivity index (χ1n) is 14.5. The average Bonchev–Trinajstić information content (AvgIpc) is 2.95. The van der Waals surface area contributed by atoms with Crippen molar-refractivity contribution in [2.45, 2.75) is 157 Å². The van der Waals surface area contributed by atoms with E-state index in [9.17, 15) is 0 Å². The first-order valence-corrected chi connectivity index (χ1v) is 14.5. The third-order valence-electron chi connectivity index (χ3n) is 9.46. The Morgan fingerprint density at radius 3 is 2.20 bits per heavy atom. The molecule has 0 bridgehead atoms. The zero-order chi connectivity index (χ0) is 26.1. The maximum atomic E-state index is 6.15. The minimum atomic E-state index is -0.467. The van der Waals surface area contributed by atoms with Gasteiger partial charge in [-0.25, -0.2) is 0 Å². The molecule has 0 N–H and O–H groups in total.